The number of hydrogen-bond acceptors (Lipinski definition) is 4. The van der Waals surface area contributed by atoms with Crippen LogP contribution in [-0.2, 0) is 4.79 Å². The molecule has 1 fully saturated rings. The second-order valence-electron chi connectivity index (χ2n) is 8.27. The largest absolute Gasteiger partial charge is 0.491 e. The van der Waals surface area contributed by atoms with Crippen molar-refractivity contribution in [3.63, 3.8) is 0 Å². The molecule has 4 rings (SSSR count). The summed E-state index contributed by atoms with van der Waals surface area (Å²) in [6.45, 7) is 0. The number of benzene rings is 3. The Labute approximate surface area is 208 Å². The van der Waals surface area contributed by atoms with Gasteiger partial charge in [0.1, 0.15) is 17.3 Å². The Morgan fingerprint density at radius 1 is 1.09 bits per heavy atom. The number of nitrogens with two attached hydrogens (primary N) is 1. The molecule has 0 amide bonds. The second-order valence-corrected chi connectivity index (χ2v) is 9.12. The van der Waals surface area contributed by atoms with Gasteiger partial charge < -0.3 is 15.2 Å². The van der Waals surface area contributed by atoms with Crippen molar-refractivity contribution in [2.24, 2.45) is 5.73 Å². The number of amidine groups is 1. The molecule has 1 aliphatic carbocycles. The van der Waals surface area contributed by atoms with E-state index < -0.39 is 23.7 Å². The Bertz CT molecular complexity index is 1310. The molecule has 3 aromatic rings. The van der Waals surface area contributed by atoms with Gasteiger partial charge in [-0.1, -0.05) is 40.2 Å². The molecule has 0 unspecified atom stereocenters. The highest BCUT2D eigenvalue weighted by Gasteiger charge is 2.42. The van der Waals surface area contributed by atoms with E-state index in [1.54, 1.807) is 18.2 Å². The van der Waals surface area contributed by atoms with Crippen molar-refractivity contribution in [1.82, 2.24) is 0 Å². The number of hydrogen-bond donors (Lipinski definition) is 2. The lowest BCUT2D eigenvalue weighted by Gasteiger charge is -2.14. The average Bonchev–Trinajstić information content (AvgIpc) is 3.31. The molecule has 0 bridgehead atoms. The molecule has 9 heteroatoms. The lowest BCUT2D eigenvalue weighted by molar-refractivity contribution is -0.189. The Hall–Kier alpha value is -3.33. The molecule has 0 atom stereocenters. The van der Waals surface area contributed by atoms with Crippen LogP contribution in [0.3, 0.4) is 0 Å². The number of esters is 1. The summed E-state index contributed by atoms with van der Waals surface area (Å²) in [6, 6.07) is 15.7. The van der Waals surface area contributed by atoms with Crippen LogP contribution >= 0.6 is 15.9 Å². The van der Waals surface area contributed by atoms with Crippen molar-refractivity contribution in [3.8, 4) is 11.5 Å². The molecule has 35 heavy (non-hydrogen) atoms. The maximum atomic E-state index is 12.8. The van der Waals surface area contributed by atoms with Crippen LogP contribution in [0.15, 0.2) is 54.6 Å². The minimum absolute atomic E-state index is 0.100. The summed E-state index contributed by atoms with van der Waals surface area (Å²) in [7, 11) is 0. The molecular weight excluding hydrogens is 525 g/mol. The Kier molecular flexibility index (Phi) is 7.16. The Morgan fingerprint density at radius 2 is 1.83 bits per heavy atom. The van der Waals surface area contributed by atoms with Gasteiger partial charge in [-0.25, -0.2) is 4.79 Å². The summed E-state index contributed by atoms with van der Waals surface area (Å²) in [5.41, 5.74) is 7.07. The van der Waals surface area contributed by atoms with Gasteiger partial charge in [0.05, 0.1) is 11.7 Å². The predicted octanol–water partition coefficient (Wildman–Crippen LogP) is 6.81. The summed E-state index contributed by atoms with van der Waals surface area (Å²) in [5.74, 6) is -2.49. The normalized spacial score (nSPS) is 14.8. The van der Waals surface area contributed by atoms with Crippen molar-refractivity contribution in [2.45, 2.75) is 38.0 Å². The van der Waals surface area contributed by atoms with Crippen LogP contribution in [0.1, 0.15) is 42.4 Å². The van der Waals surface area contributed by atoms with Crippen LogP contribution in [0.5, 0.6) is 11.5 Å². The van der Waals surface area contributed by atoms with Crippen LogP contribution in [0.2, 0.25) is 0 Å². The van der Waals surface area contributed by atoms with Crippen molar-refractivity contribution < 1.29 is 27.4 Å². The second kappa shape index (κ2) is 10.1. The molecule has 0 aliphatic heterocycles. The number of carbonyl (C=O) groups is 1. The first-order valence-electron chi connectivity index (χ1n) is 11.0. The fraction of sp³-hybridized carbons (Fsp3) is 0.231. The van der Waals surface area contributed by atoms with Gasteiger partial charge in [-0.05, 0) is 78.6 Å². The summed E-state index contributed by atoms with van der Waals surface area (Å²) in [4.78, 5) is 11.5. The van der Waals surface area contributed by atoms with E-state index in [0.29, 0.717) is 5.39 Å². The highest BCUT2D eigenvalue weighted by Crippen LogP contribution is 2.35. The van der Waals surface area contributed by atoms with E-state index in [4.69, 9.17) is 15.9 Å². The number of halogens is 4. The smallest absolute Gasteiger partial charge is 0.490 e. The Morgan fingerprint density at radius 3 is 2.51 bits per heavy atom. The molecule has 5 nitrogen and oxygen atoms in total. The van der Waals surface area contributed by atoms with Gasteiger partial charge in [0, 0.05) is 9.87 Å². The summed E-state index contributed by atoms with van der Waals surface area (Å²) >= 11 is 3.58. The first-order chi connectivity index (χ1) is 16.6. The van der Waals surface area contributed by atoms with Crippen LogP contribution < -0.4 is 15.2 Å². The molecule has 3 N–H and O–H groups in total. The SMILES string of the molecule is N=C(N)c1ccc2cc(/C(Br)=C/c3cccc(OC4CCCC4)c3)ccc2c1OC(=O)C(F)(F)F. The third kappa shape index (κ3) is 5.85. The zero-order chi connectivity index (χ0) is 25.2. The minimum atomic E-state index is -5.18. The van der Waals surface area contributed by atoms with E-state index in [-0.39, 0.29) is 17.1 Å². The van der Waals surface area contributed by atoms with E-state index in [1.807, 2.05) is 30.3 Å². The van der Waals surface area contributed by atoms with Gasteiger partial charge in [0.25, 0.3) is 0 Å². The first-order valence-corrected chi connectivity index (χ1v) is 11.8. The lowest BCUT2D eigenvalue weighted by atomic mass is 10.0. The van der Waals surface area contributed by atoms with Crippen LogP contribution in [0.25, 0.3) is 21.3 Å². The molecule has 3 aromatic carbocycles. The molecule has 0 spiro atoms. The molecule has 1 aliphatic rings. The highest BCUT2D eigenvalue weighted by molar-refractivity contribution is 9.15. The predicted molar refractivity (Wildman–Crippen MR) is 133 cm³/mol. The van der Waals surface area contributed by atoms with Gasteiger partial charge in [-0.3, -0.25) is 5.41 Å². The van der Waals surface area contributed by atoms with Gasteiger partial charge in [0.15, 0.2) is 0 Å². The average molecular weight is 547 g/mol. The summed E-state index contributed by atoms with van der Waals surface area (Å²) in [6.07, 6.45) is 1.47. The number of rotatable bonds is 6. The maximum Gasteiger partial charge on any atom is 0.491 e. The third-order valence-electron chi connectivity index (χ3n) is 5.72. The van der Waals surface area contributed by atoms with Gasteiger partial charge >= 0.3 is 12.1 Å². The fourth-order valence-electron chi connectivity index (χ4n) is 4.03. The van der Waals surface area contributed by atoms with Crippen molar-refractivity contribution in [3.05, 3.63) is 71.3 Å². The zero-order valence-corrected chi connectivity index (χ0v) is 20.1. The van der Waals surface area contributed by atoms with E-state index >= 15 is 0 Å². The number of ether oxygens (including phenoxy) is 2. The number of nitrogen functional groups attached to an aromatic ring is 1. The molecular formula is C26H22BrF3N2O3. The highest BCUT2D eigenvalue weighted by atomic mass is 79.9. The van der Waals surface area contributed by atoms with E-state index in [0.717, 1.165) is 34.2 Å². The maximum absolute atomic E-state index is 12.8. The number of carbonyl (C=O) groups excluding carboxylic acids is 1. The molecule has 0 radical (unpaired) electrons. The lowest BCUT2D eigenvalue weighted by Crippen LogP contribution is -2.29. The van der Waals surface area contributed by atoms with E-state index in [9.17, 15) is 18.0 Å². The molecule has 0 saturated heterocycles. The number of nitrogens with one attached hydrogen (secondary N) is 1. The monoisotopic (exact) mass is 546 g/mol. The standard InChI is InChI=1S/C26H22BrF3N2O3/c27-22(13-15-4-3-7-19(12-15)34-18-5-1-2-6-18)17-9-10-20-16(14-17)8-11-21(24(31)32)23(20)35-25(33)26(28,29)30/h3-4,7-14,18H,1-2,5-6H2,(H3,31,32)/b22-13-. The quantitative estimate of drug-likeness (QED) is 0.117. The van der Waals surface area contributed by atoms with Crippen LogP contribution in [0.4, 0.5) is 13.2 Å². The number of alkyl halides is 3. The van der Waals surface area contributed by atoms with Crippen molar-refractivity contribution in [2.75, 3.05) is 0 Å². The van der Waals surface area contributed by atoms with Gasteiger partial charge in [0.2, 0.25) is 0 Å². The van der Waals surface area contributed by atoms with Crippen molar-refractivity contribution >= 4 is 49.1 Å². The molecule has 182 valence electrons. The molecule has 0 heterocycles. The molecule has 1 saturated carbocycles. The minimum Gasteiger partial charge on any atom is -0.490 e. The van der Waals surface area contributed by atoms with E-state index in [1.165, 1.54) is 25.0 Å². The van der Waals surface area contributed by atoms with Gasteiger partial charge in [-0.15, -0.1) is 0 Å². The zero-order valence-electron chi connectivity index (χ0n) is 18.5. The van der Waals surface area contributed by atoms with Crippen LogP contribution in [0, 0.1) is 5.41 Å². The van der Waals surface area contributed by atoms with Crippen LogP contribution in [-0.4, -0.2) is 24.1 Å². The molecule has 0 aromatic heterocycles. The Balaban J connectivity index is 1.65. The topological polar surface area (TPSA) is 85.4 Å². The third-order valence-corrected chi connectivity index (χ3v) is 6.41. The van der Waals surface area contributed by atoms with Crippen molar-refractivity contribution in [1.29, 1.82) is 5.41 Å². The first kappa shape index (κ1) is 24.8. The summed E-state index contributed by atoms with van der Waals surface area (Å²) in [5, 5.41) is 8.40. The number of fused-ring (bicyclic) bond motifs is 1. The van der Waals surface area contributed by atoms with Gasteiger partial charge in [-0.2, -0.15) is 13.2 Å². The fourth-order valence-corrected chi connectivity index (χ4v) is 4.54. The summed E-state index contributed by atoms with van der Waals surface area (Å²) < 4.78 is 49.8. The van der Waals surface area contributed by atoms with E-state index in [2.05, 4.69) is 20.7 Å².